The van der Waals surface area contributed by atoms with Crippen molar-refractivity contribution in [3.63, 3.8) is 0 Å². The van der Waals surface area contributed by atoms with E-state index in [2.05, 4.69) is 0 Å². The van der Waals surface area contributed by atoms with E-state index in [0.29, 0.717) is 5.75 Å². The molecule has 1 aliphatic rings. The number of carbonyl (C=O) groups excluding carboxylic acids is 1. The van der Waals surface area contributed by atoms with Gasteiger partial charge < -0.3 is 9.47 Å². The minimum Gasteiger partial charge on any atom is -0.482 e. The van der Waals surface area contributed by atoms with Crippen molar-refractivity contribution in [2.75, 3.05) is 6.61 Å². The van der Waals surface area contributed by atoms with E-state index in [0.717, 1.165) is 25.7 Å². The molecule has 3 heteroatoms. The molecular weight excluding hydrogens is 216 g/mol. The number of carbonyl (C=O) groups is 1. The van der Waals surface area contributed by atoms with Crippen molar-refractivity contribution in [2.24, 2.45) is 0 Å². The molecule has 0 radical (unpaired) electrons. The van der Waals surface area contributed by atoms with Crippen LogP contribution in [0.25, 0.3) is 0 Å². The molecule has 1 aromatic rings. The van der Waals surface area contributed by atoms with Crippen LogP contribution in [-0.4, -0.2) is 18.7 Å². The SMILES string of the molecule is O=C(COc1ccccc1)OC1CCCCC1. The molecule has 0 unspecified atom stereocenters. The van der Waals surface area contributed by atoms with Gasteiger partial charge in [-0.3, -0.25) is 0 Å². The maximum Gasteiger partial charge on any atom is 0.344 e. The summed E-state index contributed by atoms with van der Waals surface area (Å²) in [5.41, 5.74) is 0. The molecule has 1 aromatic carbocycles. The smallest absolute Gasteiger partial charge is 0.344 e. The minimum absolute atomic E-state index is 0.000509. The van der Waals surface area contributed by atoms with E-state index in [4.69, 9.17) is 9.47 Å². The van der Waals surface area contributed by atoms with Gasteiger partial charge in [-0.25, -0.2) is 4.79 Å². The monoisotopic (exact) mass is 234 g/mol. The van der Waals surface area contributed by atoms with Crippen molar-refractivity contribution < 1.29 is 14.3 Å². The normalized spacial score (nSPS) is 16.5. The van der Waals surface area contributed by atoms with Crippen molar-refractivity contribution in [1.29, 1.82) is 0 Å². The Bertz CT molecular complexity index is 342. The molecule has 0 aliphatic heterocycles. The molecule has 0 aromatic heterocycles. The first kappa shape index (κ1) is 12.0. The molecule has 0 spiro atoms. The summed E-state index contributed by atoms with van der Waals surface area (Å²) in [6.07, 6.45) is 5.69. The van der Waals surface area contributed by atoms with Crippen molar-refractivity contribution in [3.05, 3.63) is 30.3 Å². The summed E-state index contributed by atoms with van der Waals surface area (Å²) in [6, 6.07) is 9.32. The van der Waals surface area contributed by atoms with Crippen LogP contribution >= 0.6 is 0 Å². The lowest BCUT2D eigenvalue weighted by atomic mass is 9.98. The topological polar surface area (TPSA) is 35.5 Å². The Morgan fingerprint density at radius 2 is 1.82 bits per heavy atom. The minimum atomic E-state index is -0.263. The van der Waals surface area contributed by atoms with Crippen LogP contribution < -0.4 is 4.74 Å². The van der Waals surface area contributed by atoms with Gasteiger partial charge in [0.15, 0.2) is 6.61 Å². The van der Waals surface area contributed by atoms with Gasteiger partial charge in [0.25, 0.3) is 0 Å². The van der Waals surface area contributed by atoms with Crippen LogP contribution in [0.5, 0.6) is 5.75 Å². The van der Waals surface area contributed by atoms with Crippen molar-refractivity contribution in [2.45, 2.75) is 38.2 Å². The highest BCUT2D eigenvalue weighted by molar-refractivity contribution is 5.71. The molecule has 0 atom stereocenters. The summed E-state index contributed by atoms with van der Waals surface area (Å²) in [7, 11) is 0. The first-order valence-corrected chi connectivity index (χ1v) is 6.22. The van der Waals surface area contributed by atoms with Crippen molar-refractivity contribution in [3.8, 4) is 5.75 Å². The largest absolute Gasteiger partial charge is 0.482 e. The fourth-order valence-corrected chi connectivity index (χ4v) is 2.06. The number of hydrogen-bond acceptors (Lipinski definition) is 3. The van der Waals surface area contributed by atoms with E-state index in [-0.39, 0.29) is 18.7 Å². The molecule has 92 valence electrons. The average Bonchev–Trinajstić information content (AvgIpc) is 2.39. The second-order valence-corrected chi connectivity index (χ2v) is 4.35. The van der Waals surface area contributed by atoms with Crippen LogP contribution in [-0.2, 0) is 9.53 Å². The van der Waals surface area contributed by atoms with Crippen LogP contribution in [0.2, 0.25) is 0 Å². The maximum atomic E-state index is 11.5. The molecule has 0 bridgehead atoms. The Hall–Kier alpha value is -1.51. The predicted octanol–water partition coefficient (Wildman–Crippen LogP) is 2.94. The van der Waals surface area contributed by atoms with Gasteiger partial charge in [-0.1, -0.05) is 24.6 Å². The van der Waals surface area contributed by atoms with Gasteiger partial charge in [0.1, 0.15) is 11.9 Å². The Morgan fingerprint density at radius 1 is 1.12 bits per heavy atom. The van der Waals surface area contributed by atoms with E-state index in [1.165, 1.54) is 6.42 Å². The quantitative estimate of drug-likeness (QED) is 0.751. The van der Waals surface area contributed by atoms with E-state index in [1.54, 1.807) is 0 Å². The highest BCUT2D eigenvalue weighted by Crippen LogP contribution is 2.20. The zero-order valence-corrected chi connectivity index (χ0v) is 9.93. The van der Waals surface area contributed by atoms with Gasteiger partial charge in [0.2, 0.25) is 0 Å². The van der Waals surface area contributed by atoms with Gasteiger partial charge in [-0.15, -0.1) is 0 Å². The summed E-state index contributed by atoms with van der Waals surface area (Å²) in [5.74, 6) is 0.439. The lowest BCUT2D eigenvalue weighted by Gasteiger charge is -2.21. The molecule has 3 nitrogen and oxygen atoms in total. The number of benzene rings is 1. The highest BCUT2D eigenvalue weighted by atomic mass is 16.6. The fourth-order valence-electron chi connectivity index (χ4n) is 2.06. The predicted molar refractivity (Wildman–Crippen MR) is 64.9 cm³/mol. The van der Waals surface area contributed by atoms with Crippen molar-refractivity contribution >= 4 is 5.97 Å². The lowest BCUT2D eigenvalue weighted by molar-refractivity contribution is -0.152. The number of ether oxygens (including phenoxy) is 2. The van der Waals surface area contributed by atoms with Crippen LogP contribution in [0.1, 0.15) is 32.1 Å². The molecule has 1 aliphatic carbocycles. The zero-order chi connectivity index (χ0) is 11.9. The first-order valence-electron chi connectivity index (χ1n) is 6.22. The van der Waals surface area contributed by atoms with E-state index < -0.39 is 0 Å². The van der Waals surface area contributed by atoms with E-state index >= 15 is 0 Å². The fraction of sp³-hybridized carbons (Fsp3) is 0.500. The van der Waals surface area contributed by atoms with E-state index in [9.17, 15) is 4.79 Å². The Labute approximate surface area is 102 Å². The molecule has 0 N–H and O–H groups in total. The van der Waals surface area contributed by atoms with E-state index in [1.807, 2.05) is 30.3 Å². The van der Waals surface area contributed by atoms with Gasteiger partial charge in [-0.2, -0.15) is 0 Å². The molecule has 2 rings (SSSR count). The molecular formula is C14H18O3. The molecule has 1 fully saturated rings. The van der Waals surface area contributed by atoms with Crippen LogP contribution in [0.3, 0.4) is 0 Å². The lowest BCUT2D eigenvalue weighted by Crippen LogP contribution is -2.24. The van der Waals surface area contributed by atoms with Crippen LogP contribution in [0, 0.1) is 0 Å². The van der Waals surface area contributed by atoms with Gasteiger partial charge in [0.05, 0.1) is 0 Å². The first-order chi connectivity index (χ1) is 8.34. The highest BCUT2D eigenvalue weighted by Gasteiger charge is 2.17. The average molecular weight is 234 g/mol. The second-order valence-electron chi connectivity index (χ2n) is 4.35. The van der Waals surface area contributed by atoms with Gasteiger partial charge in [0, 0.05) is 0 Å². The van der Waals surface area contributed by atoms with Gasteiger partial charge in [-0.05, 0) is 37.8 Å². The molecule has 0 heterocycles. The number of esters is 1. The van der Waals surface area contributed by atoms with Crippen LogP contribution in [0.4, 0.5) is 0 Å². The standard InChI is InChI=1S/C14H18O3/c15-14(17-13-9-5-2-6-10-13)11-16-12-7-3-1-4-8-12/h1,3-4,7-8,13H,2,5-6,9-11H2. The summed E-state index contributed by atoms with van der Waals surface area (Å²) in [4.78, 5) is 11.5. The molecule has 0 amide bonds. The second kappa shape index (κ2) is 6.28. The molecule has 1 saturated carbocycles. The molecule has 0 saturated heterocycles. The Balaban J connectivity index is 1.70. The Kier molecular flexibility index (Phi) is 4.42. The summed E-state index contributed by atoms with van der Waals surface area (Å²) in [5, 5.41) is 0. The third-order valence-corrected chi connectivity index (χ3v) is 2.95. The summed E-state index contributed by atoms with van der Waals surface area (Å²) >= 11 is 0. The summed E-state index contributed by atoms with van der Waals surface area (Å²) in [6.45, 7) is 0.000509. The maximum absolute atomic E-state index is 11.5. The molecule has 17 heavy (non-hydrogen) atoms. The Morgan fingerprint density at radius 3 is 2.53 bits per heavy atom. The number of hydrogen-bond donors (Lipinski definition) is 0. The zero-order valence-electron chi connectivity index (χ0n) is 9.93. The third-order valence-electron chi connectivity index (χ3n) is 2.95. The third kappa shape index (κ3) is 4.10. The summed E-state index contributed by atoms with van der Waals surface area (Å²) < 4.78 is 10.7. The van der Waals surface area contributed by atoms with Crippen LogP contribution in [0.15, 0.2) is 30.3 Å². The number of rotatable bonds is 4. The van der Waals surface area contributed by atoms with Crippen molar-refractivity contribution in [1.82, 2.24) is 0 Å². The van der Waals surface area contributed by atoms with Gasteiger partial charge >= 0.3 is 5.97 Å². The number of para-hydroxylation sites is 1.